The van der Waals surface area contributed by atoms with Crippen LogP contribution < -0.4 is 5.32 Å². The van der Waals surface area contributed by atoms with Gasteiger partial charge in [-0.25, -0.2) is 0 Å². The van der Waals surface area contributed by atoms with Crippen LogP contribution in [0.3, 0.4) is 0 Å². The maximum Gasteiger partial charge on any atom is 0.0460 e. The van der Waals surface area contributed by atoms with Crippen LogP contribution in [0.5, 0.6) is 0 Å². The molecule has 1 aromatic heterocycles. The summed E-state index contributed by atoms with van der Waals surface area (Å²) < 4.78 is 0. The lowest BCUT2D eigenvalue weighted by atomic mass is 10.1. The highest BCUT2D eigenvalue weighted by Crippen LogP contribution is 2.27. The number of aromatic amines is 1. The second-order valence-corrected chi connectivity index (χ2v) is 4.49. The average Bonchev–Trinajstić information content (AvgIpc) is 2.44. The first-order chi connectivity index (χ1) is 7.34. The molecule has 86 valence electrons. The summed E-state index contributed by atoms with van der Waals surface area (Å²) in [7, 11) is 0. The van der Waals surface area contributed by atoms with Crippen molar-refractivity contribution in [3.8, 4) is 0 Å². The lowest BCUT2D eigenvalue weighted by Gasteiger charge is -1.99. The monoisotopic (exact) mass is 256 g/mol. The van der Waals surface area contributed by atoms with Crippen LogP contribution in [0.15, 0.2) is 18.2 Å². The number of rotatable bonds is 0. The van der Waals surface area contributed by atoms with Crippen molar-refractivity contribution in [2.24, 2.45) is 0 Å². The van der Waals surface area contributed by atoms with Gasteiger partial charge in [0, 0.05) is 28.2 Å². The van der Waals surface area contributed by atoms with Crippen molar-refractivity contribution < 1.29 is 0 Å². The molecule has 2 aromatic rings. The summed E-state index contributed by atoms with van der Waals surface area (Å²) in [5, 5.41) is 5.52. The van der Waals surface area contributed by atoms with Crippen molar-refractivity contribution in [1.29, 1.82) is 0 Å². The van der Waals surface area contributed by atoms with Crippen LogP contribution in [0.4, 0.5) is 0 Å². The summed E-state index contributed by atoms with van der Waals surface area (Å²) in [6.07, 6.45) is 2.34. The Morgan fingerprint density at radius 2 is 2.12 bits per heavy atom. The Balaban J connectivity index is 0.000000963. The van der Waals surface area contributed by atoms with E-state index in [-0.39, 0.29) is 12.4 Å². The Hall–Kier alpha value is -0.700. The number of halogens is 2. The Labute approximate surface area is 106 Å². The second kappa shape index (κ2) is 4.66. The van der Waals surface area contributed by atoms with Crippen LogP contribution in [-0.2, 0) is 13.0 Å². The van der Waals surface area contributed by atoms with Gasteiger partial charge in [-0.3, -0.25) is 0 Å². The van der Waals surface area contributed by atoms with Crippen LogP contribution in [0, 0.1) is 0 Å². The third kappa shape index (κ3) is 1.93. The molecule has 1 aliphatic rings. The molecular weight excluding hydrogens is 243 g/mol. The maximum absolute atomic E-state index is 6.02. The Bertz CT molecular complexity index is 505. The molecular formula is C12H14Cl2N2. The predicted molar refractivity (Wildman–Crippen MR) is 70.6 cm³/mol. The van der Waals surface area contributed by atoms with Gasteiger partial charge in [0.25, 0.3) is 0 Å². The number of hydrogen-bond acceptors (Lipinski definition) is 1. The third-order valence-electron chi connectivity index (χ3n) is 3.04. The number of benzene rings is 1. The molecule has 0 atom stereocenters. The van der Waals surface area contributed by atoms with Gasteiger partial charge in [0.2, 0.25) is 0 Å². The zero-order valence-electron chi connectivity index (χ0n) is 8.85. The minimum Gasteiger partial charge on any atom is -0.358 e. The first kappa shape index (κ1) is 11.8. The highest BCUT2D eigenvalue weighted by atomic mass is 35.5. The van der Waals surface area contributed by atoms with Gasteiger partial charge in [-0.05, 0) is 43.1 Å². The van der Waals surface area contributed by atoms with Crippen LogP contribution in [-0.4, -0.2) is 11.5 Å². The van der Waals surface area contributed by atoms with Crippen LogP contribution >= 0.6 is 24.0 Å². The molecule has 0 unspecified atom stereocenters. The van der Waals surface area contributed by atoms with Crippen molar-refractivity contribution >= 4 is 34.9 Å². The van der Waals surface area contributed by atoms with E-state index in [2.05, 4.69) is 22.4 Å². The van der Waals surface area contributed by atoms with Crippen LogP contribution in [0.2, 0.25) is 5.02 Å². The summed E-state index contributed by atoms with van der Waals surface area (Å²) in [5.74, 6) is 0. The highest BCUT2D eigenvalue weighted by Gasteiger charge is 2.13. The first-order valence-corrected chi connectivity index (χ1v) is 5.72. The van der Waals surface area contributed by atoms with Crippen molar-refractivity contribution in [2.75, 3.05) is 6.54 Å². The van der Waals surface area contributed by atoms with Gasteiger partial charge in [0.1, 0.15) is 0 Å². The van der Waals surface area contributed by atoms with Crippen LogP contribution in [0.1, 0.15) is 17.7 Å². The van der Waals surface area contributed by atoms with E-state index in [1.807, 2.05) is 6.07 Å². The molecule has 0 fully saturated rings. The smallest absolute Gasteiger partial charge is 0.0460 e. The fraction of sp³-hybridized carbons (Fsp3) is 0.333. The summed E-state index contributed by atoms with van der Waals surface area (Å²) in [5.41, 5.74) is 3.97. The lowest BCUT2D eigenvalue weighted by molar-refractivity contribution is 0.680. The van der Waals surface area contributed by atoms with Gasteiger partial charge in [-0.15, -0.1) is 12.4 Å². The molecule has 2 N–H and O–H groups in total. The normalized spacial score (nSPS) is 15.3. The quantitative estimate of drug-likeness (QED) is 0.744. The Morgan fingerprint density at radius 3 is 3.00 bits per heavy atom. The van der Waals surface area contributed by atoms with Gasteiger partial charge >= 0.3 is 0 Å². The highest BCUT2D eigenvalue weighted by molar-refractivity contribution is 6.31. The molecule has 0 spiro atoms. The molecule has 0 amide bonds. The van der Waals surface area contributed by atoms with Crippen molar-refractivity contribution in [3.05, 3.63) is 34.5 Å². The van der Waals surface area contributed by atoms with E-state index in [1.165, 1.54) is 28.6 Å². The Morgan fingerprint density at radius 1 is 1.25 bits per heavy atom. The molecule has 0 bridgehead atoms. The van der Waals surface area contributed by atoms with E-state index in [1.54, 1.807) is 0 Å². The van der Waals surface area contributed by atoms with E-state index in [0.717, 1.165) is 24.5 Å². The molecule has 3 rings (SSSR count). The predicted octanol–water partition coefficient (Wildman–Crippen LogP) is 3.28. The molecule has 2 nitrogen and oxygen atoms in total. The Kier molecular flexibility index (Phi) is 3.43. The van der Waals surface area contributed by atoms with Gasteiger partial charge < -0.3 is 10.3 Å². The van der Waals surface area contributed by atoms with Crippen molar-refractivity contribution in [1.82, 2.24) is 10.3 Å². The molecule has 1 aliphatic heterocycles. The van der Waals surface area contributed by atoms with Crippen molar-refractivity contribution in [3.63, 3.8) is 0 Å². The van der Waals surface area contributed by atoms with E-state index in [0.29, 0.717) is 0 Å². The minimum atomic E-state index is 0. The van der Waals surface area contributed by atoms with E-state index in [4.69, 9.17) is 11.6 Å². The number of aromatic nitrogens is 1. The molecule has 0 saturated carbocycles. The maximum atomic E-state index is 6.02. The molecule has 1 aromatic carbocycles. The average molecular weight is 257 g/mol. The summed E-state index contributed by atoms with van der Waals surface area (Å²) in [6.45, 7) is 2.06. The zero-order chi connectivity index (χ0) is 10.3. The van der Waals surface area contributed by atoms with Gasteiger partial charge in [-0.1, -0.05) is 11.6 Å². The van der Waals surface area contributed by atoms with Gasteiger partial charge in [0.15, 0.2) is 0 Å². The summed E-state index contributed by atoms with van der Waals surface area (Å²) >= 11 is 6.02. The molecule has 0 aliphatic carbocycles. The van der Waals surface area contributed by atoms with Gasteiger partial charge in [0.05, 0.1) is 0 Å². The topological polar surface area (TPSA) is 27.8 Å². The number of nitrogens with one attached hydrogen (secondary N) is 2. The minimum absolute atomic E-state index is 0. The van der Waals surface area contributed by atoms with E-state index >= 15 is 0 Å². The molecule has 0 saturated heterocycles. The standard InChI is InChI=1S/C12H13ClN2.ClH/c13-8-3-4-12-9(6-8)10-7-14-5-1-2-11(10)15-12;/h3-4,6,14-15H,1-2,5,7H2;1H. The SMILES string of the molecule is Cl.Clc1ccc2[nH]c3c(c2c1)CNCCC3. The van der Waals surface area contributed by atoms with Crippen molar-refractivity contribution in [2.45, 2.75) is 19.4 Å². The molecule has 2 heterocycles. The fourth-order valence-electron chi connectivity index (χ4n) is 2.29. The number of H-pyrrole nitrogens is 1. The molecule has 0 radical (unpaired) electrons. The summed E-state index contributed by atoms with van der Waals surface area (Å²) in [6, 6.07) is 6.05. The number of hydrogen-bond donors (Lipinski definition) is 2. The van der Waals surface area contributed by atoms with E-state index < -0.39 is 0 Å². The second-order valence-electron chi connectivity index (χ2n) is 4.05. The lowest BCUT2D eigenvalue weighted by Crippen LogP contribution is -2.11. The third-order valence-corrected chi connectivity index (χ3v) is 3.27. The van der Waals surface area contributed by atoms with Crippen LogP contribution in [0.25, 0.3) is 10.9 Å². The number of aryl methyl sites for hydroxylation is 1. The first-order valence-electron chi connectivity index (χ1n) is 5.34. The zero-order valence-corrected chi connectivity index (χ0v) is 10.4. The van der Waals surface area contributed by atoms with E-state index in [9.17, 15) is 0 Å². The largest absolute Gasteiger partial charge is 0.358 e. The van der Waals surface area contributed by atoms with Gasteiger partial charge in [-0.2, -0.15) is 0 Å². The molecule has 4 heteroatoms. The summed E-state index contributed by atoms with van der Waals surface area (Å²) in [4.78, 5) is 3.48. The molecule has 16 heavy (non-hydrogen) atoms. The fourth-order valence-corrected chi connectivity index (χ4v) is 2.47. The number of fused-ring (bicyclic) bond motifs is 3.